The van der Waals surface area contributed by atoms with Crippen molar-refractivity contribution in [3.8, 4) is 0 Å². The third kappa shape index (κ3) is 3.90. The summed E-state index contributed by atoms with van der Waals surface area (Å²) < 4.78 is 13.1. The van der Waals surface area contributed by atoms with Crippen molar-refractivity contribution < 1.29 is 23.9 Å². The van der Waals surface area contributed by atoms with E-state index in [9.17, 15) is 18.8 Å². The Hall–Kier alpha value is -2.44. The highest BCUT2D eigenvalue weighted by Crippen LogP contribution is 2.38. The van der Waals surface area contributed by atoms with Gasteiger partial charge < -0.3 is 14.9 Å². The molecule has 1 saturated heterocycles. The van der Waals surface area contributed by atoms with Crippen molar-refractivity contribution in [3.05, 3.63) is 35.6 Å². The fourth-order valence-electron chi connectivity index (χ4n) is 3.07. The molecule has 130 valence electrons. The van der Waals surface area contributed by atoms with Gasteiger partial charge in [0.25, 0.3) is 0 Å². The zero-order chi connectivity index (χ0) is 17.9. The van der Waals surface area contributed by atoms with Crippen molar-refractivity contribution >= 4 is 17.8 Å². The van der Waals surface area contributed by atoms with Gasteiger partial charge in [-0.1, -0.05) is 12.1 Å². The Morgan fingerprint density at radius 1 is 1.33 bits per heavy atom. The van der Waals surface area contributed by atoms with Crippen LogP contribution in [0.25, 0.3) is 0 Å². The molecule has 0 aromatic heterocycles. The lowest BCUT2D eigenvalue weighted by Gasteiger charge is -2.28. The first kappa shape index (κ1) is 17.9. The molecule has 1 aliphatic heterocycles. The Labute approximate surface area is 139 Å². The van der Waals surface area contributed by atoms with Crippen LogP contribution >= 0.6 is 0 Å². The highest BCUT2D eigenvalue weighted by atomic mass is 19.1. The van der Waals surface area contributed by atoms with Crippen LogP contribution < -0.4 is 0 Å². The molecule has 2 atom stereocenters. The minimum absolute atomic E-state index is 0.0114. The molecule has 0 radical (unpaired) electrons. The fraction of sp³-hybridized carbons (Fsp3) is 0.471. The quantitative estimate of drug-likeness (QED) is 0.857. The summed E-state index contributed by atoms with van der Waals surface area (Å²) in [5.41, 5.74) is 0.710. The predicted molar refractivity (Wildman–Crippen MR) is 84.5 cm³/mol. The lowest BCUT2D eigenvalue weighted by atomic mass is 9.92. The van der Waals surface area contributed by atoms with Gasteiger partial charge >= 0.3 is 5.97 Å². The first-order valence-corrected chi connectivity index (χ1v) is 7.79. The summed E-state index contributed by atoms with van der Waals surface area (Å²) in [7, 11) is 3.24. The van der Waals surface area contributed by atoms with Gasteiger partial charge in [0.1, 0.15) is 5.82 Å². The number of hydrogen-bond donors (Lipinski definition) is 1. The number of aliphatic carboxylic acids is 1. The number of carboxylic acids is 1. The molecular weight excluding hydrogens is 315 g/mol. The Balaban J connectivity index is 2.13. The first-order valence-electron chi connectivity index (χ1n) is 7.79. The van der Waals surface area contributed by atoms with Crippen LogP contribution in [0.1, 0.15) is 30.9 Å². The van der Waals surface area contributed by atoms with Gasteiger partial charge in [-0.05, 0) is 24.1 Å². The molecule has 1 heterocycles. The summed E-state index contributed by atoms with van der Waals surface area (Å²) in [5, 5.41) is 8.67. The van der Waals surface area contributed by atoms with E-state index in [1.54, 1.807) is 26.2 Å². The molecule has 1 aliphatic rings. The van der Waals surface area contributed by atoms with E-state index >= 15 is 0 Å². The van der Waals surface area contributed by atoms with E-state index in [1.165, 1.54) is 21.9 Å². The van der Waals surface area contributed by atoms with E-state index < -0.39 is 17.9 Å². The zero-order valence-electron chi connectivity index (χ0n) is 13.7. The van der Waals surface area contributed by atoms with Gasteiger partial charge in [0, 0.05) is 33.5 Å². The van der Waals surface area contributed by atoms with Crippen LogP contribution in [0.5, 0.6) is 0 Å². The van der Waals surface area contributed by atoms with Gasteiger partial charge in [-0.25, -0.2) is 4.39 Å². The van der Waals surface area contributed by atoms with Crippen molar-refractivity contribution in [2.24, 2.45) is 5.92 Å². The number of hydrogen-bond acceptors (Lipinski definition) is 3. The molecule has 1 aromatic rings. The average Bonchev–Trinajstić information content (AvgIpc) is 2.82. The van der Waals surface area contributed by atoms with Crippen molar-refractivity contribution in [1.29, 1.82) is 0 Å². The highest BCUT2D eigenvalue weighted by Gasteiger charge is 2.43. The van der Waals surface area contributed by atoms with Crippen LogP contribution in [0.3, 0.4) is 0 Å². The van der Waals surface area contributed by atoms with Crippen molar-refractivity contribution in [2.75, 3.05) is 20.6 Å². The second kappa shape index (κ2) is 7.42. The van der Waals surface area contributed by atoms with Crippen molar-refractivity contribution in [1.82, 2.24) is 9.80 Å². The molecule has 0 bridgehead atoms. The highest BCUT2D eigenvalue weighted by molar-refractivity contribution is 5.90. The fourth-order valence-corrected chi connectivity index (χ4v) is 3.07. The number of nitrogens with zero attached hydrogens (tertiary/aromatic N) is 2. The molecule has 2 rings (SSSR count). The summed E-state index contributed by atoms with van der Waals surface area (Å²) in [6.07, 6.45) is 0.443. The molecule has 24 heavy (non-hydrogen) atoms. The van der Waals surface area contributed by atoms with Gasteiger partial charge in [-0.2, -0.15) is 0 Å². The molecule has 7 heteroatoms. The lowest BCUT2D eigenvalue weighted by Crippen LogP contribution is -2.36. The summed E-state index contributed by atoms with van der Waals surface area (Å²) in [4.78, 5) is 38.3. The summed E-state index contributed by atoms with van der Waals surface area (Å²) in [6, 6.07) is 5.35. The van der Waals surface area contributed by atoms with Crippen molar-refractivity contribution in [2.45, 2.75) is 25.3 Å². The molecule has 1 aromatic carbocycles. The van der Waals surface area contributed by atoms with E-state index in [1.807, 2.05) is 0 Å². The van der Waals surface area contributed by atoms with Crippen LogP contribution in [-0.2, 0) is 14.4 Å². The van der Waals surface area contributed by atoms with E-state index in [2.05, 4.69) is 0 Å². The predicted octanol–water partition coefficient (Wildman–Crippen LogP) is 1.67. The van der Waals surface area contributed by atoms with Crippen molar-refractivity contribution in [3.63, 3.8) is 0 Å². The third-order valence-corrected chi connectivity index (χ3v) is 4.38. The third-order valence-electron chi connectivity index (χ3n) is 4.38. The van der Waals surface area contributed by atoms with E-state index in [-0.39, 0.29) is 30.5 Å². The van der Waals surface area contributed by atoms with E-state index in [4.69, 9.17) is 5.11 Å². The Morgan fingerprint density at radius 2 is 1.96 bits per heavy atom. The molecule has 0 aliphatic carbocycles. The number of carbonyl (C=O) groups is 3. The Morgan fingerprint density at radius 3 is 2.54 bits per heavy atom. The Bertz CT molecular complexity index is 632. The largest absolute Gasteiger partial charge is 0.481 e. The second-order valence-electron chi connectivity index (χ2n) is 6.07. The van der Waals surface area contributed by atoms with Crippen LogP contribution in [0.4, 0.5) is 4.39 Å². The molecule has 0 spiro atoms. The summed E-state index contributed by atoms with van der Waals surface area (Å²) >= 11 is 0. The monoisotopic (exact) mass is 336 g/mol. The molecule has 1 N–H and O–H groups in total. The lowest BCUT2D eigenvalue weighted by molar-refractivity contribution is -0.139. The molecule has 1 fully saturated rings. The zero-order valence-corrected chi connectivity index (χ0v) is 13.7. The van der Waals surface area contributed by atoms with Gasteiger partial charge in [0.2, 0.25) is 11.8 Å². The number of carboxylic acid groups (broad SMARTS) is 1. The van der Waals surface area contributed by atoms with Crippen LogP contribution in [0.2, 0.25) is 0 Å². The van der Waals surface area contributed by atoms with E-state index in [0.29, 0.717) is 18.5 Å². The van der Waals surface area contributed by atoms with Gasteiger partial charge in [0.15, 0.2) is 0 Å². The minimum Gasteiger partial charge on any atom is -0.481 e. The van der Waals surface area contributed by atoms with Gasteiger partial charge in [-0.3, -0.25) is 14.4 Å². The number of likely N-dealkylation sites (tertiary alicyclic amines) is 1. The van der Waals surface area contributed by atoms with Crippen LogP contribution in [0, 0.1) is 11.7 Å². The van der Waals surface area contributed by atoms with Crippen LogP contribution in [0.15, 0.2) is 24.3 Å². The standard InChI is InChI=1S/C17H21FN2O4/c1-19(9-3-4-15(22)23)17(24)13-10-14(21)20(2)16(13)11-5-7-12(18)8-6-11/h5-8,13,16H,3-4,9-10H2,1-2H3,(H,22,23). The van der Waals surface area contributed by atoms with Gasteiger partial charge in [-0.15, -0.1) is 0 Å². The maximum absolute atomic E-state index is 13.1. The average molecular weight is 336 g/mol. The number of amides is 2. The maximum atomic E-state index is 13.1. The first-order chi connectivity index (χ1) is 11.3. The number of benzene rings is 1. The Kier molecular flexibility index (Phi) is 5.54. The number of rotatable bonds is 6. The molecule has 2 unspecified atom stereocenters. The molecular formula is C17H21FN2O4. The van der Waals surface area contributed by atoms with Crippen LogP contribution in [-0.4, -0.2) is 53.3 Å². The normalized spacial score (nSPS) is 20.3. The SMILES string of the molecule is CN(CCCC(=O)O)C(=O)C1CC(=O)N(C)C1c1ccc(F)cc1. The smallest absolute Gasteiger partial charge is 0.303 e. The second-order valence-corrected chi connectivity index (χ2v) is 6.07. The minimum atomic E-state index is -0.907. The summed E-state index contributed by atoms with van der Waals surface area (Å²) in [5.74, 6) is -2.17. The number of halogens is 1. The topological polar surface area (TPSA) is 77.9 Å². The molecule has 0 saturated carbocycles. The maximum Gasteiger partial charge on any atom is 0.303 e. The summed E-state index contributed by atoms with van der Waals surface area (Å²) in [6.45, 7) is 0.315. The van der Waals surface area contributed by atoms with Gasteiger partial charge in [0.05, 0.1) is 12.0 Å². The van der Waals surface area contributed by atoms with E-state index in [0.717, 1.165) is 0 Å². The molecule has 6 nitrogen and oxygen atoms in total. The molecule has 2 amide bonds. The number of carbonyl (C=O) groups excluding carboxylic acids is 2.